The molecule has 0 radical (unpaired) electrons. The lowest BCUT2D eigenvalue weighted by Crippen LogP contribution is -2.60. The Bertz CT molecular complexity index is 3260. The molecule has 1 aromatic heterocycles. The van der Waals surface area contributed by atoms with Crippen molar-refractivity contribution in [2.24, 2.45) is 17.3 Å². The zero-order chi connectivity index (χ0) is 71.6. The number of thiazole rings is 1. The molecule has 0 bridgehead atoms. The van der Waals surface area contributed by atoms with E-state index in [9.17, 15) is 63.9 Å². The number of hydrogen-bond acceptors (Lipinski definition) is 21. The van der Waals surface area contributed by atoms with E-state index in [2.05, 4.69) is 49.3 Å². The van der Waals surface area contributed by atoms with Crippen LogP contribution in [0.1, 0.15) is 175 Å². The first-order chi connectivity index (χ1) is 46.7. The third kappa shape index (κ3) is 24.0. The number of carbonyl (C=O) groups is 8. The summed E-state index contributed by atoms with van der Waals surface area (Å²) in [6, 6.07) is 7.74. The summed E-state index contributed by atoms with van der Waals surface area (Å²) in [7, 11) is 1.89. The minimum Gasteiger partial charge on any atom is -0.481 e. The van der Waals surface area contributed by atoms with Gasteiger partial charge in [-0.2, -0.15) is 0 Å². The van der Waals surface area contributed by atoms with Gasteiger partial charge in [0.1, 0.15) is 66.2 Å². The number of hydroxylamine groups is 2. The lowest BCUT2D eigenvalue weighted by molar-refractivity contribution is -0.277. The van der Waals surface area contributed by atoms with Gasteiger partial charge in [-0.15, -0.1) is 29.6 Å². The zero-order valence-electron chi connectivity index (χ0n) is 57.3. The Morgan fingerprint density at radius 2 is 1.64 bits per heavy atom. The first kappa shape index (κ1) is 79.2. The van der Waals surface area contributed by atoms with Crippen LogP contribution in [0.15, 0.2) is 47.8 Å². The third-order valence-electron chi connectivity index (χ3n) is 17.4. The quantitative estimate of drug-likeness (QED) is 0.0154. The van der Waals surface area contributed by atoms with Gasteiger partial charge in [-0.05, 0) is 126 Å². The highest BCUT2D eigenvalue weighted by molar-refractivity contribution is 7.09. The third-order valence-corrected chi connectivity index (χ3v) is 18.3. The van der Waals surface area contributed by atoms with E-state index < -0.39 is 115 Å². The number of aliphatic carboxylic acids is 1. The number of carboxylic acids is 1. The molecule has 12 atom stereocenters. The predicted molar refractivity (Wildman–Crippen MR) is 360 cm³/mol. The Morgan fingerprint density at radius 3 is 2.33 bits per heavy atom. The maximum Gasteiger partial charge on any atom is 0.411 e. The van der Waals surface area contributed by atoms with Gasteiger partial charge >= 0.3 is 18.0 Å². The van der Waals surface area contributed by atoms with Crippen molar-refractivity contribution in [1.82, 2.24) is 36.2 Å². The van der Waals surface area contributed by atoms with Crippen LogP contribution in [-0.4, -0.2) is 196 Å². The molecule has 2 aliphatic heterocycles. The van der Waals surface area contributed by atoms with Crippen LogP contribution in [0.5, 0.6) is 5.75 Å². The molecule has 538 valence electrons. The molecule has 10 N–H and O–H groups in total. The first-order valence-corrected chi connectivity index (χ1v) is 34.5. The number of likely N-dealkylation sites (tertiary alicyclic amines) is 1. The Labute approximate surface area is 577 Å². The molecule has 6 amide bonds. The molecule has 3 heterocycles. The molecule has 2 saturated heterocycles. The predicted octanol–water partition coefficient (Wildman–Crippen LogP) is 5.32. The summed E-state index contributed by atoms with van der Waals surface area (Å²) in [5.41, 5.74) is -0.264. The van der Waals surface area contributed by atoms with Crippen molar-refractivity contribution < 1.29 is 92.4 Å². The number of terminal acetylenes is 1. The van der Waals surface area contributed by atoms with Crippen molar-refractivity contribution in [3.63, 3.8) is 0 Å². The van der Waals surface area contributed by atoms with Crippen molar-refractivity contribution in [2.75, 3.05) is 51.8 Å². The smallest absolute Gasteiger partial charge is 0.411 e. The molecule has 98 heavy (non-hydrogen) atoms. The number of piperidine rings is 1. The van der Waals surface area contributed by atoms with Crippen molar-refractivity contribution >= 4 is 64.6 Å². The molecular weight excluding hydrogens is 1290 g/mol. The summed E-state index contributed by atoms with van der Waals surface area (Å²) < 4.78 is 28.5. The summed E-state index contributed by atoms with van der Waals surface area (Å²) in [4.78, 5) is 121. The highest BCUT2D eigenvalue weighted by Crippen LogP contribution is 2.34. The van der Waals surface area contributed by atoms with Gasteiger partial charge in [0.05, 0.1) is 36.3 Å². The summed E-state index contributed by atoms with van der Waals surface area (Å²) in [5, 5.41) is 68.5. The van der Waals surface area contributed by atoms with Gasteiger partial charge in [0.15, 0.2) is 6.10 Å². The number of aliphatic hydroxyl groups excluding tert-OH is 4. The highest BCUT2D eigenvalue weighted by atomic mass is 32.1. The van der Waals surface area contributed by atoms with Gasteiger partial charge in [-0.3, -0.25) is 48.6 Å². The molecule has 27 nitrogen and oxygen atoms in total. The van der Waals surface area contributed by atoms with Gasteiger partial charge in [-0.1, -0.05) is 71.1 Å². The Balaban J connectivity index is 1.12. The number of nitrogens with one attached hydrogen (secondary N) is 5. The maximum absolute atomic E-state index is 14.9. The number of amides is 6. The normalized spacial score (nSPS) is 21.1. The van der Waals surface area contributed by atoms with Gasteiger partial charge in [0.2, 0.25) is 18.1 Å². The van der Waals surface area contributed by atoms with E-state index in [0.29, 0.717) is 42.5 Å². The fraction of sp³-hybridized carbons (Fsp3) is 0.614. The summed E-state index contributed by atoms with van der Waals surface area (Å²) in [5.74, 6) is 3.67. The molecule has 3 aliphatic rings. The van der Waals surface area contributed by atoms with E-state index in [0.717, 1.165) is 62.8 Å². The van der Waals surface area contributed by atoms with Crippen LogP contribution >= 0.6 is 11.3 Å². The van der Waals surface area contributed by atoms with Crippen molar-refractivity contribution in [3.05, 3.63) is 75.2 Å². The number of carboxylic acid groups (broad SMARTS) is 1. The number of carbonyl (C=O) groups excluding carboxylic acids is 7. The number of unbranched alkanes of at least 4 members (excludes halogenated alkanes) is 1. The lowest BCUT2D eigenvalue weighted by atomic mass is 9.84. The van der Waals surface area contributed by atoms with E-state index in [1.54, 1.807) is 24.3 Å². The van der Waals surface area contributed by atoms with Crippen LogP contribution in [-0.2, 0) is 60.8 Å². The number of ether oxygens (including phenoxy) is 5. The van der Waals surface area contributed by atoms with E-state index in [1.807, 2.05) is 39.6 Å². The number of aromatic nitrogens is 1. The maximum atomic E-state index is 14.9. The second kappa shape index (κ2) is 39.1. The van der Waals surface area contributed by atoms with Crippen LogP contribution < -0.4 is 31.3 Å². The molecule has 3 aromatic rings. The lowest BCUT2D eigenvalue weighted by Gasteiger charge is -2.39. The van der Waals surface area contributed by atoms with Crippen LogP contribution in [0.3, 0.4) is 0 Å². The topological polar surface area (TPSA) is 373 Å². The number of rotatable bonds is 35. The fourth-order valence-corrected chi connectivity index (χ4v) is 12.3. The van der Waals surface area contributed by atoms with Crippen molar-refractivity contribution in [2.45, 2.75) is 212 Å². The minimum absolute atomic E-state index is 0.0109. The van der Waals surface area contributed by atoms with Crippen molar-refractivity contribution in [1.29, 1.82) is 0 Å². The van der Waals surface area contributed by atoms with Crippen LogP contribution in [0.4, 0.5) is 10.5 Å². The number of hydrogen-bond donors (Lipinski definition) is 10. The van der Waals surface area contributed by atoms with E-state index in [-0.39, 0.29) is 98.0 Å². The second-order valence-corrected chi connectivity index (χ2v) is 26.9. The fourth-order valence-electron chi connectivity index (χ4n) is 11.4. The number of anilines is 1. The minimum atomic E-state index is -1.81. The Kier molecular flexibility index (Phi) is 31.6. The van der Waals surface area contributed by atoms with E-state index in [1.165, 1.54) is 49.4 Å². The average molecular weight is 1390 g/mol. The molecular formula is C70H98N8O19S. The molecule has 6 rings (SSSR count). The summed E-state index contributed by atoms with van der Waals surface area (Å²) in [6.45, 7) is 11.3. The van der Waals surface area contributed by atoms with E-state index in [4.69, 9.17) is 34.9 Å². The first-order valence-electron chi connectivity index (χ1n) is 33.6. The van der Waals surface area contributed by atoms with Gasteiger partial charge in [-0.25, -0.2) is 14.8 Å². The monoisotopic (exact) mass is 1390 g/mol. The summed E-state index contributed by atoms with van der Waals surface area (Å²) in [6.07, 6.45) is 3.46. The van der Waals surface area contributed by atoms with E-state index >= 15 is 0 Å². The number of benzene rings is 2. The number of nitrogens with zero attached hydrogens (tertiary/aromatic N) is 3. The molecule has 0 saturated carbocycles. The van der Waals surface area contributed by atoms with Crippen molar-refractivity contribution in [3.8, 4) is 29.9 Å². The molecule has 1 unspecified atom stereocenters. The van der Waals surface area contributed by atoms with Gasteiger partial charge in [0.25, 0.3) is 17.7 Å². The van der Waals surface area contributed by atoms with Crippen LogP contribution in [0, 0.1) is 41.4 Å². The molecule has 2 fully saturated rings. The number of aliphatic hydroxyl groups is 4. The average Bonchev–Trinajstić information content (AvgIpc) is 0.836. The molecule has 28 heteroatoms. The standard InChI is InChI=1S/C70H98N8O19S/c1-10-12-20-33-94-78(66(88)58(43(5)11-2)76-64(87)52-23-18-19-32-77(52)9)53(42(3)4)36-55(95-44(6)80)65-75-51(41-98-65)63(86)73-48(37-70(7,8)68(89)90)34-45-24-27-47(28-25-45)74-69(91)93-39-46-26-29-54(96-67-61(84)60(83)59(82)56(38-79)97-67)50(35-46)62(85)72-31-30-71-57(81)40-92-49-21-16-14-13-15-17-22-49/h1,24-29,35,41-43,48-49,52-53,55-56,58-61,67,79,82-84H,11-16,18-21,23,30-34,36-40H2,2-9H3,(H,71,81)(H,72,85)(H,73,86)(H,74,91)(H,76,87)(H,89,90)/t43-,48-,49?,52+,53+,55+,56+,58-,59+,60-,61+,67+/m0/s1. The summed E-state index contributed by atoms with van der Waals surface area (Å²) >= 11 is 1.06. The molecule has 1 aliphatic carbocycles. The highest BCUT2D eigenvalue weighted by Gasteiger charge is 2.46. The SMILES string of the molecule is C#CCCCON(C(=O)[C@@H](NC(=O)[C@H]1CCCCN1C)[C@@H](C)CC)[C@H](C[C@@H](OC(C)=O)c1nc(C(=O)N[C@@H](Cc2ccc(NC(=O)OCc3ccc(O[C@@H]4O[C@H](CO)[C@@H](O)[C@H](O)[C@H]4O)c(C(=O)NCCNC(=O)COC4C#CCCCCC4)c3)cc2)CC(C)(C)C(=O)O)cs1)C(C)C. The number of likely N-dealkylation sites (N-methyl/N-ethyl adjacent to an activating group) is 1. The van der Waals surface area contributed by atoms with Crippen LogP contribution in [0.2, 0.25) is 0 Å². The van der Waals surface area contributed by atoms with Gasteiger partial charge in [0, 0.05) is 56.4 Å². The van der Waals surface area contributed by atoms with Gasteiger partial charge < -0.3 is 70.5 Å². The Morgan fingerprint density at radius 1 is 0.918 bits per heavy atom. The largest absolute Gasteiger partial charge is 0.481 e. The molecule has 0 spiro atoms. The number of esters is 1. The zero-order valence-corrected chi connectivity index (χ0v) is 58.1. The second-order valence-electron chi connectivity index (χ2n) is 26.0. The Hall–Kier alpha value is -7.77. The van der Waals surface area contributed by atoms with Crippen LogP contribution in [0.25, 0.3) is 0 Å². The molecule has 2 aromatic carbocycles.